The zero-order valence-electron chi connectivity index (χ0n) is 5.58. The summed E-state index contributed by atoms with van der Waals surface area (Å²) in [6.45, 7) is 0. The van der Waals surface area contributed by atoms with E-state index in [1.807, 2.05) is 0 Å². The third-order valence-corrected chi connectivity index (χ3v) is 1.77. The molecule has 0 radical (unpaired) electrons. The van der Waals surface area contributed by atoms with Crippen LogP contribution in [0.4, 0.5) is 26.3 Å². The average molecular weight is 374 g/mol. The summed E-state index contributed by atoms with van der Waals surface area (Å²) in [7, 11) is 0. The third-order valence-electron chi connectivity index (χ3n) is 1.12. The van der Waals surface area contributed by atoms with Gasteiger partial charge in [0.2, 0.25) is 0 Å². The van der Waals surface area contributed by atoms with Crippen molar-refractivity contribution in [3.63, 3.8) is 0 Å². The molecule has 12 heavy (non-hydrogen) atoms. The minimum atomic E-state index is -5.79. The Kier molecular flexibility index (Phi) is 4.07. The summed E-state index contributed by atoms with van der Waals surface area (Å²) < 4.78 is 70.5. The Morgan fingerprint density at radius 1 is 1.08 bits per heavy atom. The normalized spacial score (nSPS) is 16.3. The fraction of sp³-hybridized carbons (Fsp3) is 1.00. The van der Waals surface area contributed by atoms with Crippen LogP contribution in [-0.4, -0.2) is 18.3 Å². The predicted octanol–water partition coefficient (Wildman–Crippen LogP) is 2.88. The molecule has 0 bridgehead atoms. The van der Waals surface area contributed by atoms with Crippen molar-refractivity contribution < 1.29 is 46.2 Å². The molecule has 0 spiro atoms. The SMILES string of the molecule is FC(C[CH2][Pt])C(F)(F)C(F)(F)F. The van der Waals surface area contributed by atoms with Crippen LogP contribution >= 0.6 is 0 Å². The van der Waals surface area contributed by atoms with Crippen molar-refractivity contribution in [1.82, 2.24) is 0 Å². The molecule has 0 aromatic heterocycles. The predicted molar refractivity (Wildman–Crippen MR) is 25.3 cm³/mol. The molecule has 7 heteroatoms. The molecule has 0 nitrogen and oxygen atoms in total. The Bertz CT molecular complexity index is 141. The second-order valence-electron chi connectivity index (χ2n) is 2.04. The molecule has 1 atom stereocenters. The average Bonchev–Trinajstić information content (AvgIpc) is 1.85. The molecule has 0 rings (SSSR count). The monoisotopic (exact) mass is 374 g/mol. The number of halogens is 6. The zero-order valence-corrected chi connectivity index (χ0v) is 7.85. The Morgan fingerprint density at radius 2 is 1.50 bits per heavy atom. The molecule has 0 amide bonds. The summed E-state index contributed by atoms with van der Waals surface area (Å²) in [6.07, 6.45) is -9.73. The van der Waals surface area contributed by atoms with Crippen molar-refractivity contribution in [1.29, 1.82) is 0 Å². The maximum atomic E-state index is 12.2. The van der Waals surface area contributed by atoms with E-state index in [-0.39, 0.29) is 4.81 Å². The van der Waals surface area contributed by atoms with Crippen LogP contribution < -0.4 is 0 Å². The van der Waals surface area contributed by atoms with Crippen LogP contribution in [0.25, 0.3) is 0 Å². The third kappa shape index (κ3) is 2.64. The van der Waals surface area contributed by atoms with Crippen molar-refractivity contribution in [2.24, 2.45) is 0 Å². The van der Waals surface area contributed by atoms with Crippen molar-refractivity contribution in [3.05, 3.63) is 0 Å². The molecule has 0 fully saturated rings. The Labute approximate surface area is 76.2 Å². The van der Waals surface area contributed by atoms with Crippen LogP contribution in [0.5, 0.6) is 0 Å². The van der Waals surface area contributed by atoms with Gasteiger partial charge in [-0.3, -0.25) is 0 Å². The minimum absolute atomic E-state index is 0.0766. The van der Waals surface area contributed by atoms with E-state index < -0.39 is 24.7 Å². The first-order valence-corrected chi connectivity index (χ1v) is 4.44. The van der Waals surface area contributed by atoms with Gasteiger partial charge in [-0.05, 0) is 0 Å². The van der Waals surface area contributed by atoms with Crippen LogP contribution in [0.2, 0.25) is 4.81 Å². The number of rotatable bonds is 3. The van der Waals surface area contributed by atoms with Gasteiger partial charge in [-0.25, -0.2) is 0 Å². The number of hydrogen-bond donors (Lipinski definition) is 0. The molecule has 0 aromatic carbocycles. The van der Waals surface area contributed by atoms with E-state index >= 15 is 0 Å². The van der Waals surface area contributed by atoms with Crippen molar-refractivity contribution in [2.45, 2.75) is 29.5 Å². The van der Waals surface area contributed by atoms with E-state index in [1.54, 1.807) is 0 Å². The zero-order chi connectivity index (χ0) is 9.99. The topological polar surface area (TPSA) is 0 Å². The first-order chi connectivity index (χ1) is 5.23. The summed E-state index contributed by atoms with van der Waals surface area (Å²) in [4.78, 5) is -0.0766. The molecule has 0 N–H and O–H groups in total. The van der Waals surface area contributed by atoms with Gasteiger partial charge in [0.05, 0.1) is 0 Å². The molecule has 0 saturated heterocycles. The first kappa shape index (κ1) is 12.3. The molecule has 0 aromatic rings. The molecule has 0 aliphatic heterocycles. The van der Waals surface area contributed by atoms with Gasteiger partial charge in [-0.15, -0.1) is 0 Å². The Morgan fingerprint density at radius 3 is 1.75 bits per heavy atom. The van der Waals surface area contributed by atoms with Gasteiger partial charge in [0.25, 0.3) is 0 Å². The molecule has 0 saturated carbocycles. The summed E-state index contributed by atoms with van der Waals surface area (Å²) in [5.74, 6) is -5.22. The number of hydrogen-bond acceptors (Lipinski definition) is 0. The maximum absolute atomic E-state index is 12.2. The first-order valence-electron chi connectivity index (χ1n) is 2.83. The van der Waals surface area contributed by atoms with Gasteiger partial charge in [0.1, 0.15) is 0 Å². The van der Waals surface area contributed by atoms with E-state index in [0.717, 1.165) is 0 Å². The molecular formula is C5H5F6Pt. The van der Waals surface area contributed by atoms with Crippen molar-refractivity contribution in [2.75, 3.05) is 0 Å². The van der Waals surface area contributed by atoms with E-state index in [0.29, 0.717) is 0 Å². The van der Waals surface area contributed by atoms with Gasteiger partial charge in [-0.1, -0.05) is 0 Å². The van der Waals surface area contributed by atoms with Crippen LogP contribution in [0.3, 0.4) is 0 Å². The summed E-state index contributed by atoms with van der Waals surface area (Å²) in [5, 5.41) is 0. The van der Waals surface area contributed by atoms with Crippen molar-refractivity contribution >= 4 is 0 Å². The van der Waals surface area contributed by atoms with Gasteiger partial charge >= 0.3 is 75.7 Å². The summed E-state index contributed by atoms with van der Waals surface area (Å²) in [6, 6.07) is 0. The Balaban J connectivity index is 4.38. The second kappa shape index (κ2) is 3.98. The van der Waals surface area contributed by atoms with Gasteiger partial charge < -0.3 is 0 Å². The molecule has 0 aliphatic rings. The van der Waals surface area contributed by atoms with E-state index in [4.69, 9.17) is 0 Å². The van der Waals surface area contributed by atoms with Gasteiger partial charge in [0, 0.05) is 0 Å². The van der Waals surface area contributed by atoms with E-state index in [9.17, 15) is 26.3 Å². The van der Waals surface area contributed by atoms with Crippen LogP contribution in [0, 0.1) is 0 Å². The standard InChI is InChI=1S/C5H5F6.Pt/c1-2-3(6)4(7,8)5(9,10)11;/h3H,1-2H2;. The van der Waals surface area contributed by atoms with Crippen LogP contribution in [-0.2, 0) is 19.8 Å². The molecule has 1 unspecified atom stereocenters. The molecular weight excluding hydrogens is 369 g/mol. The number of alkyl halides is 6. The van der Waals surface area contributed by atoms with Crippen molar-refractivity contribution in [3.8, 4) is 0 Å². The molecule has 77 valence electrons. The summed E-state index contributed by atoms with van der Waals surface area (Å²) >= 11 is 1.52. The van der Waals surface area contributed by atoms with Gasteiger partial charge in [0.15, 0.2) is 0 Å². The fourth-order valence-electron chi connectivity index (χ4n) is 0.439. The van der Waals surface area contributed by atoms with E-state index in [1.165, 1.54) is 19.8 Å². The molecule has 0 aliphatic carbocycles. The Hall–Kier alpha value is 0.268. The summed E-state index contributed by atoms with van der Waals surface area (Å²) in [5.41, 5.74) is 0. The quantitative estimate of drug-likeness (QED) is 0.667. The van der Waals surface area contributed by atoms with Crippen LogP contribution in [0.15, 0.2) is 0 Å². The van der Waals surface area contributed by atoms with Gasteiger partial charge in [-0.2, -0.15) is 0 Å². The van der Waals surface area contributed by atoms with Crippen LogP contribution in [0.1, 0.15) is 6.42 Å². The molecule has 0 heterocycles. The second-order valence-corrected chi connectivity index (χ2v) is 3.17. The fourth-order valence-corrected chi connectivity index (χ4v) is 1.01. The van der Waals surface area contributed by atoms with E-state index in [2.05, 4.69) is 0 Å².